The van der Waals surface area contributed by atoms with Gasteiger partial charge in [0, 0.05) is 5.92 Å². The van der Waals surface area contributed by atoms with Gasteiger partial charge in [-0.1, -0.05) is 6.92 Å². The van der Waals surface area contributed by atoms with Crippen LogP contribution in [0.25, 0.3) is 0 Å². The van der Waals surface area contributed by atoms with E-state index >= 15 is 0 Å². The van der Waals surface area contributed by atoms with Gasteiger partial charge in [-0.05, 0) is 51.4 Å². The van der Waals surface area contributed by atoms with Gasteiger partial charge in [-0.15, -0.1) is 0 Å². The molecule has 3 aliphatic heterocycles. The van der Waals surface area contributed by atoms with Crippen molar-refractivity contribution in [1.29, 1.82) is 0 Å². The number of aliphatic hydroxyl groups excluding tert-OH is 5. The van der Waals surface area contributed by atoms with Crippen molar-refractivity contribution in [3.8, 4) is 0 Å². The molecule has 5 rings (SSSR count). The van der Waals surface area contributed by atoms with E-state index in [1.165, 1.54) is 0 Å². The molecule has 3 saturated heterocycles. The van der Waals surface area contributed by atoms with E-state index in [-0.39, 0.29) is 30.5 Å². The maximum Gasteiger partial charge on any atom is 0.186 e. The van der Waals surface area contributed by atoms with Crippen LogP contribution in [-0.4, -0.2) is 97.5 Å². The van der Waals surface area contributed by atoms with Crippen LogP contribution in [0.3, 0.4) is 0 Å². The summed E-state index contributed by atoms with van der Waals surface area (Å²) in [5.41, 5.74) is -2.85. The molecule has 5 aliphatic rings. The average Bonchev–Trinajstić information content (AvgIpc) is 2.90. The van der Waals surface area contributed by atoms with Gasteiger partial charge in [0.05, 0.1) is 30.5 Å². The fraction of sp³-hybridized carbons (Fsp3) is 1.00. The van der Waals surface area contributed by atoms with E-state index in [9.17, 15) is 30.6 Å². The highest BCUT2D eigenvalue weighted by atomic mass is 16.7. The lowest BCUT2D eigenvalue weighted by atomic mass is 9.73. The smallest absolute Gasteiger partial charge is 0.186 e. The second-order valence-electron chi connectivity index (χ2n) is 10.3. The Balaban J connectivity index is 1.61. The Morgan fingerprint density at radius 3 is 2.37 bits per heavy atom. The number of rotatable bonds is 4. The zero-order valence-corrected chi connectivity index (χ0v) is 17.8. The molecule has 0 radical (unpaired) electrons. The fourth-order valence-electron chi connectivity index (χ4n) is 6.49. The topological polar surface area (TPSA) is 149 Å². The highest BCUT2D eigenvalue weighted by Gasteiger charge is 2.66. The first kappa shape index (κ1) is 22.8. The predicted octanol–water partition coefficient (Wildman–Crippen LogP) is -1.10. The Morgan fingerprint density at radius 2 is 1.73 bits per heavy atom. The van der Waals surface area contributed by atoms with Gasteiger partial charge in [0.2, 0.25) is 0 Å². The molecular formula is C21H36O9. The fourth-order valence-corrected chi connectivity index (χ4v) is 6.49. The number of hydrogen-bond acceptors (Lipinski definition) is 9. The first-order chi connectivity index (χ1) is 14.0. The van der Waals surface area contributed by atoms with Gasteiger partial charge in [-0.25, -0.2) is 0 Å². The molecule has 2 aliphatic carbocycles. The standard InChI is InChI=1S/C21H36O9/c1-10-6-12(28-18-17(26)16(25)15(24)13(8-22)29-18)14-11(10)7-21(27)5-4-19(14,2)30-20(21,3)9-23/h10-18,22-27H,4-9H2,1-3H3/t10-,11-,12+,13-,14+,15-,16+,17-,18-,19+,20-,21+/m1/s1. The minimum Gasteiger partial charge on any atom is -0.394 e. The third-order valence-electron chi connectivity index (χ3n) is 8.41. The molecule has 12 atom stereocenters. The molecule has 0 aromatic heterocycles. The van der Waals surface area contributed by atoms with E-state index in [0.29, 0.717) is 25.7 Å². The molecule has 0 aromatic rings. The highest BCUT2D eigenvalue weighted by molar-refractivity contribution is 5.15. The summed E-state index contributed by atoms with van der Waals surface area (Å²) in [5.74, 6) is 0.187. The van der Waals surface area contributed by atoms with E-state index in [4.69, 9.17) is 14.2 Å². The largest absolute Gasteiger partial charge is 0.394 e. The minimum absolute atomic E-state index is 0.0887. The maximum absolute atomic E-state index is 11.4. The lowest BCUT2D eigenvalue weighted by Crippen LogP contribution is -2.63. The Kier molecular flexibility index (Phi) is 5.78. The second-order valence-corrected chi connectivity index (χ2v) is 10.3. The van der Waals surface area contributed by atoms with E-state index in [1.807, 2.05) is 6.92 Å². The maximum atomic E-state index is 11.4. The van der Waals surface area contributed by atoms with Gasteiger partial charge in [0.25, 0.3) is 0 Å². The molecule has 0 amide bonds. The van der Waals surface area contributed by atoms with Gasteiger partial charge >= 0.3 is 0 Å². The summed E-state index contributed by atoms with van der Waals surface area (Å²) in [6, 6.07) is 0. The van der Waals surface area contributed by atoms with Gasteiger partial charge in [-0.3, -0.25) is 0 Å². The molecule has 9 nitrogen and oxygen atoms in total. The average molecular weight is 433 g/mol. The molecule has 2 bridgehead atoms. The lowest BCUT2D eigenvalue weighted by Gasteiger charge is -2.53. The Morgan fingerprint density at radius 1 is 1.03 bits per heavy atom. The summed E-state index contributed by atoms with van der Waals surface area (Å²) in [4.78, 5) is 0. The summed E-state index contributed by atoms with van der Waals surface area (Å²) < 4.78 is 18.2. The third-order valence-corrected chi connectivity index (χ3v) is 8.41. The molecule has 2 saturated carbocycles. The van der Waals surface area contributed by atoms with Gasteiger partial charge in [0.15, 0.2) is 6.29 Å². The van der Waals surface area contributed by atoms with Crippen LogP contribution in [0.1, 0.15) is 46.5 Å². The summed E-state index contributed by atoms with van der Waals surface area (Å²) in [5, 5.41) is 61.4. The molecule has 30 heavy (non-hydrogen) atoms. The number of hydrogen-bond donors (Lipinski definition) is 6. The van der Waals surface area contributed by atoms with Crippen molar-refractivity contribution in [3.05, 3.63) is 0 Å². The number of fused-ring (bicyclic) bond motifs is 2. The normalized spacial score (nSPS) is 58.5. The zero-order valence-electron chi connectivity index (χ0n) is 17.8. The first-order valence-corrected chi connectivity index (χ1v) is 11.0. The predicted molar refractivity (Wildman–Crippen MR) is 103 cm³/mol. The Bertz CT molecular complexity index is 646. The first-order valence-electron chi connectivity index (χ1n) is 11.0. The molecule has 6 N–H and O–H groups in total. The summed E-state index contributed by atoms with van der Waals surface area (Å²) in [6.45, 7) is 5.04. The molecular weight excluding hydrogens is 396 g/mol. The highest BCUT2D eigenvalue weighted by Crippen LogP contribution is 2.60. The lowest BCUT2D eigenvalue weighted by molar-refractivity contribution is -0.324. The monoisotopic (exact) mass is 432 g/mol. The van der Waals surface area contributed by atoms with Crippen molar-refractivity contribution in [2.45, 2.75) is 100 Å². The summed E-state index contributed by atoms with van der Waals surface area (Å²) in [7, 11) is 0. The number of aliphatic hydroxyl groups is 6. The van der Waals surface area contributed by atoms with Gasteiger partial charge in [-0.2, -0.15) is 0 Å². The van der Waals surface area contributed by atoms with Crippen molar-refractivity contribution < 1.29 is 44.8 Å². The zero-order chi connectivity index (χ0) is 22.1. The molecule has 3 heterocycles. The van der Waals surface area contributed by atoms with Crippen molar-refractivity contribution >= 4 is 0 Å². The van der Waals surface area contributed by atoms with Crippen LogP contribution in [-0.2, 0) is 14.2 Å². The quantitative estimate of drug-likeness (QED) is 0.325. The Labute approximate surface area is 176 Å². The van der Waals surface area contributed by atoms with E-state index in [1.54, 1.807) is 6.92 Å². The van der Waals surface area contributed by atoms with Crippen LogP contribution in [0.4, 0.5) is 0 Å². The number of ether oxygens (including phenoxy) is 3. The minimum atomic E-state index is -1.49. The van der Waals surface area contributed by atoms with Crippen molar-refractivity contribution in [2.75, 3.05) is 13.2 Å². The van der Waals surface area contributed by atoms with Crippen molar-refractivity contribution in [2.24, 2.45) is 17.8 Å². The van der Waals surface area contributed by atoms with Gasteiger partial charge in [0.1, 0.15) is 30.0 Å². The molecule has 0 spiro atoms. The second kappa shape index (κ2) is 7.60. The molecule has 174 valence electrons. The molecule has 9 heteroatoms. The van der Waals surface area contributed by atoms with Crippen LogP contribution in [0, 0.1) is 17.8 Å². The molecule has 0 aromatic carbocycles. The van der Waals surface area contributed by atoms with Crippen LogP contribution in [0.5, 0.6) is 0 Å². The van der Waals surface area contributed by atoms with Crippen LogP contribution >= 0.6 is 0 Å². The van der Waals surface area contributed by atoms with Crippen molar-refractivity contribution in [3.63, 3.8) is 0 Å². The van der Waals surface area contributed by atoms with Crippen LogP contribution in [0.2, 0.25) is 0 Å². The third kappa shape index (κ3) is 3.25. The molecule has 0 unspecified atom stereocenters. The van der Waals surface area contributed by atoms with Crippen molar-refractivity contribution in [1.82, 2.24) is 0 Å². The SMILES string of the molecule is C[C@@H]1C[C@H](O[C@@H]2O[C@H](CO)[C@@H](O)[C@H](O)[C@H]2O)[C@@H]2[C@@H]1C[C@@]1(O)CC[C@]2(C)O[C@]1(C)CO. The van der Waals surface area contributed by atoms with E-state index in [0.717, 1.165) is 0 Å². The van der Waals surface area contributed by atoms with Crippen LogP contribution in [0.15, 0.2) is 0 Å². The molecule has 5 fully saturated rings. The Hall–Kier alpha value is -0.360. The van der Waals surface area contributed by atoms with Crippen LogP contribution < -0.4 is 0 Å². The summed E-state index contributed by atoms with van der Waals surface area (Å²) >= 11 is 0. The van der Waals surface area contributed by atoms with Gasteiger partial charge < -0.3 is 44.8 Å². The summed E-state index contributed by atoms with van der Waals surface area (Å²) in [6.07, 6.45) is -4.71. The van der Waals surface area contributed by atoms with E-state index in [2.05, 4.69) is 6.92 Å². The van der Waals surface area contributed by atoms with E-state index < -0.39 is 54.1 Å².